The molecule has 0 aromatic carbocycles. The van der Waals surface area contributed by atoms with E-state index < -0.39 is 17.7 Å². The van der Waals surface area contributed by atoms with Gasteiger partial charge in [0.2, 0.25) is 0 Å². The molecule has 8 heteroatoms. The van der Waals surface area contributed by atoms with Gasteiger partial charge < -0.3 is 20.5 Å². The average molecular weight is 322 g/mol. The number of carbonyl (C=O) groups is 2. The Balaban J connectivity index is 2.44. The number of nitrogens with one attached hydrogen (secondary N) is 2. The second kappa shape index (κ2) is 8.11. The average Bonchev–Trinajstić information content (AvgIpc) is 2.42. The van der Waals surface area contributed by atoms with Gasteiger partial charge in [-0.3, -0.25) is 4.98 Å². The molecule has 0 saturated heterocycles. The Morgan fingerprint density at radius 2 is 2.04 bits per heavy atom. The molecule has 0 bridgehead atoms. The van der Waals surface area contributed by atoms with Gasteiger partial charge in [0.05, 0.1) is 18.1 Å². The molecule has 8 nitrogen and oxygen atoms in total. The molecule has 1 atom stereocenters. The number of carboxylic acid groups (broad SMARTS) is 1. The number of nitrogens with zero attached hydrogens (tertiary/aromatic N) is 2. The van der Waals surface area contributed by atoms with Crippen LogP contribution >= 0.6 is 0 Å². The number of hydrogen-bond donors (Lipinski definition) is 3. The van der Waals surface area contributed by atoms with Crippen molar-refractivity contribution < 1.29 is 19.4 Å². The van der Waals surface area contributed by atoms with Crippen LogP contribution in [0, 0.1) is 0 Å². The van der Waals surface area contributed by atoms with E-state index in [4.69, 9.17) is 9.84 Å². The van der Waals surface area contributed by atoms with E-state index in [1.807, 2.05) is 6.92 Å². The van der Waals surface area contributed by atoms with Crippen LogP contribution in [0.2, 0.25) is 0 Å². The Bertz CT molecular complexity index is 564. The smallest absolute Gasteiger partial charge is 0.407 e. The fourth-order valence-corrected chi connectivity index (χ4v) is 1.51. The van der Waals surface area contributed by atoms with Gasteiger partial charge in [-0.15, -0.1) is 0 Å². The van der Waals surface area contributed by atoms with Crippen LogP contribution in [0.25, 0.3) is 6.08 Å². The maximum Gasteiger partial charge on any atom is 0.407 e. The van der Waals surface area contributed by atoms with E-state index in [0.717, 1.165) is 6.08 Å². The van der Waals surface area contributed by atoms with Gasteiger partial charge in [0.1, 0.15) is 11.4 Å². The predicted molar refractivity (Wildman–Crippen MR) is 86.0 cm³/mol. The standard InChI is InChI=1S/C15H22N4O4/c1-10(7-18-14(22)23-15(2,3)4)19-12-9-16-11(8-17-12)5-6-13(20)21/h5-6,8-10H,7H2,1-4H3,(H,17,19)(H,18,22)(H,20,21)/t10-/m1/s1. The van der Waals surface area contributed by atoms with Crippen molar-refractivity contribution in [1.82, 2.24) is 15.3 Å². The third kappa shape index (κ3) is 8.40. The fourth-order valence-electron chi connectivity index (χ4n) is 1.51. The number of carboxylic acids is 1. The quantitative estimate of drug-likeness (QED) is 0.685. The predicted octanol–water partition coefficient (Wildman–Crippen LogP) is 1.90. The van der Waals surface area contributed by atoms with Crippen molar-refractivity contribution in [2.45, 2.75) is 39.3 Å². The first-order valence-corrected chi connectivity index (χ1v) is 7.12. The molecular weight excluding hydrogens is 300 g/mol. The lowest BCUT2D eigenvalue weighted by Gasteiger charge is -2.21. The zero-order chi connectivity index (χ0) is 17.5. The van der Waals surface area contributed by atoms with Crippen molar-refractivity contribution in [3.8, 4) is 0 Å². The summed E-state index contributed by atoms with van der Waals surface area (Å²) in [6.45, 7) is 7.62. The molecule has 0 saturated carbocycles. The van der Waals surface area contributed by atoms with Crippen molar-refractivity contribution in [1.29, 1.82) is 0 Å². The molecule has 0 radical (unpaired) electrons. The fraction of sp³-hybridized carbons (Fsp3) is 0.467. The van der Waals surface area contributed by atoms with E-state index in [1.54, 1.807) is 20.8 Å². The summed E-state index contributed by atoms with van der Waals surface area (Å²) in [4.78, 5) is 30.1. The lowest BCUT2D eigenvalue weighted by atomic mass is 10.2. The molecule has 126 valence electrons. The highest BCUT2D eigenvalue weighted by atomic mass is 16.6. The minimum atomic E-state index is -1.05. The Morgan fingerprint density at radius 3 is 2.57 bits per heavy atom. The van der Waals surface area contributed by atoms with Crippen LogP contribution < -0.4 is 10.6 Å². The zero-order valence-electron chi connectivity index (χ0n) is 13.7. The van der Waals surface area contributed by atoms with Crippen molar-refractivity contribution >= 4 is 24.0 Å². The van der Waals surface area contributed by atoms with Crippen molar-refractivity contribution in [3.05, 3.63) is 24.2 Å². The van der Waals surface area contributed by atoms with Gasteiger partial charge in [0.15, 0.2) is 0 Å². The van der Waals surface area contributed by atoms with Crippen molar-refractivity contribution in [2.75, 3.05) is 11.9 Å². The number of amides is 1. The summed E-state index contributed by atoms with van der Waals surface area (Å²) in [5.41, 5.74) is -0.0941. The largest absolute Gasteiger partial charge is 0.478 e. The molecule has 0 unspecified atom stereocenters. The zero-order valence-corrected chi connectivity index (χ0v) is 13.7. The van der Waals surface area contributed by atoms with Gasteiger partial charge in [0, 0.05) is 18.7 Å². The van der Waals surface area contributed by atoms with Crippen LogP contribution in [0.3, 0.4) is 0 Å². The number of anilines is 1. The van der Waals surface area contributed by atoms with Gasteiger partial charge in [-0.1, -0.05) is 0 Å². The molecule has 0 aliphatic carbocycles. The van der Waals surface area contributed by atoms with Gasteiger partial charge in [-0.25, -0.2) is 14.6 Å². The van der Waals surface area contributed by atoms with E-state index >= 15 is 0 Å². The Kier molecular flexibility index (Phi) is 6.49. The molecule has 0 aliphatic heterocycles. The summed E-state index contributed by atoms with van der Waals surface area (Å²) in [5, 5.41) is 14.3. The summed E-state index contributed by atoms with van der Waals surface area (Å²) >= 11 is 0. The second-order valence-corrected chi connectivity index (χ2v) is 5.93. The van der Waals surface area contributed by atoms with Gasteiger partial charge in [-0.05, 0) is 33.8 Å². The van der Waals surface area contributed by atoms with Gasteiger partial charge >= 0.3 is 12.1 Å². The third-order valence-electron chi connectivity index (χ3n) is 2.41. The lowest BCUT2D eigenvalue weighted by molar-refractivity contribution is -0.131. The maximum atomic E-state index is 11.5. The lowest BCUT2D eigenvalue weighted by Crippen LogP contribution is -2.38. The van der Waals surface area contributed by atoms with Crippen LogP contribution in [0.5, 0.6) is 0 Å². The monoisotopic (exact) mass is 322 g/mol. The van der Waals surface area contributed by atoms with Crippen molar-refractivity contribution in [2.24, 2.45) is 0 Å². The third-order valence-corrected chi connectivity index (χ3v) is 2.41. The summed E-state index contributed by atoms with van der Waals surface area (Å²) in [5.74, 6) is -0.521. The second-order valence-electron chi connectivity index (χ2n) is 5.93. The minimum absolute atomic E-state index is 0.0859. The van der Waals surface area contributed by atoms with E-state index in [0.29, 0.717) is 18.1 Å². The molecule has 23 heavy (non-hydrogen) atoms. The van der Waals surface area contributed by atoms with Crippen LogP contribution in [-0.4, -0.2) is 45.3 Å². The molecule has 1 amide bonds. The number of alkyl carbamates (subject to hydrolysis) is 1. The Labute approximate surface area is 135 Å². The molecule has 1 aromatic heterocycles. The molecule has 0 aliphatic rings. The molecule has 1 rings (SSSR count). The number of carbonyl (C=O) groups excluding carboxylic acids is 1. The summed E-state index contributed by atoms with van der Waals surface area (Å²) in [7, 11) is 0. The van der Waals surface area contributed by atoms with Crippen molar-refractivity contribution in [3.63, 3.8) is 0 Å². The SMILES string of the molecule is C[C@H](CNC(=O)OC(C)(C)C)Nc1cnc(C=CC(=O)O)cn1. The highest BCUT2D eigenvalue weighted by molar-refractivity contribution is 5.84. The van der Waals surface area contributed by atoms with Gasteiger partial charge in [-0.2, -0.15) is 0 Å². The number of aliphatic carboxylic acids is 1. The first-order chi connectivity index (χ1) is 10.7. The topological polar surface area (TPSA) is 113 Å². The van der Waals surface area contributed by atoms with E-state index in [9.17, 15) is 9.59 Å². The number of ether oxygens (including phenoxy) is 1. The van der Waals surface area contributed by atoms with E-state index in [2.05, 4.69) is 20.6 Å². The number of rotatable bonds is 6. The summed E-state index contributed by atoms with van der Waals surface area (Å²) in [6.07, 6.45) is 4.81. The molecule has 0 fully saturated rings. The number of aromatic nitrogens is 2. The molecular formula is C15H22N4O4. The van der Waals surface area contributed by atoms with Crippen LogP contribution in [0.15, 0.2) is 18.5 Å². The normalized spacial score (nSPS) is 12.7. The first kappa shape index (κ1) is 18.4. The highest BCUT2D eigenvalue weighted by Gasteiger charge is 2.16. The molecule has 1 aromatic rings. The Hall–Kier alpha value is -2.64. The van der Waals surface area contributed by atoms with Crippen LogP contribution in [-0.2, 0) is 9.53 Å². The maximum absolute atomic E-state index is 11.5. The summed E-state index contributed by atoms with van der Waals surface area (Å²) < 4.78 is 5.14. The highest BCUT2D eigenvalue weighted by Crippen LogP contribution is 2.07. The summed E-state index contributed by atoms with van der Waals surface area (Å²) in [6, 6.07) is -0.0859. The number of hydrogen-bond acceptors (Lipinski definition) is 6. The molecule has 0 spiro atoms. The Morgan fingerprint density at radius 1 is 1.35 bits per heavy atom. The minimum Gasteiger partial charge on any atom is -0.478 e. The van der Waals surface area contributed by atoms with E-state index in [1.165, 1.54) is 18.5 Å². The van der Waals surface area contributed by atoms with Crippen LogP contribution in [0.4, 0.5) is 10.6 Å². The van der Waals surface area contributed by atoms with Crippen LogP contribution in [0.1, 0.15) is 33.4 Å². The molecule has 3 N–H and O–H groups in total. The van der Waals surface area contributed by atoms with E-state index in [-0.39, 0.29) is 6.04 Å². The molecule has 1 heterocycles. The van der Waals surface area contributed by atoms with Gasteiger partial charge in [0.25, 0.3) is 0 Å². The first-order valence-electron chi connectivity index (χ1n) is 7.12.